The van der Waals surface area contributed by atoms with E-state index in [1.165, 1.54) is 19.4 Å². The summed E-state index contributed by atoms with van der Waals surface area (Å²) in [4.78, 5) is 31.5. The topological polar surface area (TPSA) is 125 Å². The molecule has 1 aliphatic heterocycles. The zero-order valence-electron chi connectivity index (χ0n) is 15.8. The predicted octanol–water partition coefficient (Wildman–Crippen LogP) is 1.54. The number of aromatic hydroxyl groups is 1. The zero-order valence-corrected chi connectivity index (χ0v) is 15.8. The molecule has 3 rings (SSSR count). The molecular formula is C18H19F3N4O5. The minimum absolute atomic E-state index is 0.0646. The fourth-order valence-corrected chi connectivity index (χ4v) is 2.45. The van der Waals surface area contributed by atoms with E-state index >= 15 is 0 Å². The second-order valence-electron chi connectivity index (χ2n) is 6.02. The number of nitrogens with zero attached hydrogens (tertiary/aromatic N) is 3. The van der Waals surface area contributed by atoms with Gasteiger partial charge in [-0.05, 0) is 18.2 Å². The molecule has 2 heterocycles. The molecule has 1 aromatic carbocycles. The number of amides is 1. The van der Waals surface area contributed by atoms with Crippen molar-refractivity contribution in [2.24, 2.45) is 0 Å². The van der Waals surface area contributed by atoms with Gasteiger partial charge in [0.2, 0.25) is 0 Å². The van der Waals surface area contributed by atoms with Crippen molar-refractivity contribution in [1.29, 1.82) is 0 Å². The molecule has 0 spiro atoms. The normalized spacial score (nSPS) is 13.8. The van der Waals surface area contributed by atoms with Crippen LogP contribution in [0.4, 0.5) is 13.2 Å². The second-order valence-corrected chi connectivity index (χ2v) is 6.02. The van der Waals surface area contributed by atoms with E-state index in [4.69, 9.17) is 14.6 Å². The molecule has 0 bridgehead atoms. The molecule has 162 valence electrons. The summed E-state index contributed by atoms with van der Waals surface area (Å²) in [6, 6.07) is 4.94. The molecule has 1 saturated heterocycles. The SMILES string of the molecule is COc1cc(-c2cnc(C(=O)N3CCNCC3)cn2)ccc1O.O=C(O)C(F)(F)F. The Labute approximate surface area is 169 Å². The quantitative estimate of drug-likeness (QED) is 0.672. The highest BCUT2D eigenvalue weighted by Crippen LogP contribution is 2.30. The summed E-state index contributed by atoms with van der Waals surface area (Å²) in [6.07, 6.45) is -2.04. The Morgan fingerprint density at radius 2 is 1.80 bits per heavy atom. The van der Waals surface area contributed by atoms with Gasteiger partial charge in [-0.25, -0.2) is 9.78 Å². The molecule has 1 aromatic heterocycles. The Morgan fingerprint density at radius 3 is 2.30 bits per heavy atom. The maximum atomic E-state index is 12.3. The third kappa shape index (κ3) is 6.04. The third-order valence-corrected chi connectivity index (χ3v) is 3.99. The van der Waals surface area contributed by atoms with Gasteiger partial charge in [0.15, 0.2) is 11.5 Å². The van der Waals surface area contributed by atoms with Crippen LogP contribution in [0.25, 0.3) is 11.3 Å². The number of piperazine rings is 1. The van der Waals surface area contributed by atoms with E-state index in [1.54, 1.807) is 23.2 Å². The van der Waals surface area contributed by atoms with E-state index in [1.807, 2.05) is 0 Å². The van der Waals surface area contributed by atoms with Crippen LogP contribution in [0.1, 0.15) is 10.5 Å². The zero-order chi connectivity index (χ0) is 22.3. The van der Waals surface area contributed by atoms with Gasteiger partial charge < -0.3 is 25.2 Å². The number of aromatic nitrogens is 2. The number of alkyl halides is 3. The van der Waals surface area contributed by atoms with Crippen LogP contribution in [-0.4, -0.2) is 76.4 Å². The number of carbonyl (C=O) groups is 2. The number of hydrogen-bond donors (Lipinski definition) is 3. The molecule has 9 nitrogen and oxygen atoms in total. The molecule has 0 radical (unpaired) electrons. The van der Waals surface area contributed by atoms with Crippen molar-refractivity contribution < 1.29 is 37.7 Å². The number of benzene rings is 1. The lowest BCUT2D eigenvalue weighted by Gasteiger charge is -2.26. The molecular weight excluding hydrogens is 409 g/mol. The van der Waals surface area contributed by atoms with Crippen molar-refractivity contribution in [1.82, 2.24) is 20.2 Å². The number of phenols is 1. The highest BCUT2D eigenvalue weighted by Gasteiger charge is 2.38. The number of carboxylic acids is 1. The number of hydrogen-bond acceptors (Lipinski definition) is 7. The molecule has 0 saturated carbocycles. The van der Waals surface area contributed by atoms with E-state index in [9.17, 15) is 23.1 Å². The summed E-state index contributed by atoms with van der Waals surface area (Å²) in [5.41, 5.74) is 1.70. The smallest absolute Gasteiger partial charge is 0.490 e. The maximum absolute atomic E-state index is 12.3. The Bertz CT molecular complexity index is 884. The summed E-state index contributed by atoms with van der Waals surface area (Å²) in [7, 11) is 1.49. The number of carbonyl (C=O) groups excluding carboxylic acids is 1. The fraction of sp³-hybridized carbons (Fsp3) is 0.333. The average molecular weight is 428 g/mol. The highest BCUT2D eigenvalue weighted by atomic mass is 19.4. The predicted molar refractivity (Wildman–Crippen MR) is 98.1 cm³/mol. The number of methoxy groups -OCH3 is 1. The molecule has 0 unspecified atom stereocenters. The lowest BCUT2D eigenvalue weighted by atomic mass is 10.1. The average Bonchev–Trinajstić information content (AvgIpc) is 2.74. The number of phenolic OH excluding ortho intramolecular Hbond substituents is 1. The van der Waals surface area contributed by atoms with Gasteiger partial charge >= 0.3 is 12.1 Å². The maximum Gasteiger partial charge on any atom is 0.490 e. The van der Waals surface area contributed by atoms with E-state index in [2.05, 4.69) is 15.3 Å². The van der Waals surface area contributed by atoms with E-state index in [-0.39, 0.29) is 11.7 Å². The summed E-state index contributed by atoms with van der Waals surface area (Å²) in [5.74, 6) is -2.43. The van der Waals surface area contributed by atoms with Gasteiger partial charge in [-0.15, -0.1) is 0 Å². The first-order chi connectivity index (χ1) is 14.1. The van der Waals surface area contributed by atoms with Gasteiger partial charge in [0.25, 0.3) is 5.91 Å². The summed E-state index contributed by atoms with van der Waals surface area (Å²) >= 11 is 0. The minimum Gasteiger partial charge on any atom is -0.504 e. The molecule has 0 atom stereocenters. The molecule has 12 heteroatoms. The van der Waals surface area contributed by atoms with Crippen LogP contribution in [0.2, 0.25) is 0 Å². The summed E-state index contributed by atoms with van der Waals surface area (Å²) in [6.45, 7) is 2.95. The van der Waals surface area contributed by atoms with Gasteiger partial charge in [0, 0.05) is 31.7 Å². The summed E-state index contributed by atoms with van der Waals surface area (Å²) in [5, 5.41) is 20.0. The van der Waals surface area contributed by atoms with Gasteiger partial charge in [0.05, 0.1) is 25.2 Å². The standard InChI is InChI=1S/C16H18N4O3.C2HF3O2/c1-23-15-8-11(2-3-14(15)21)12-9-19-13(10-18-12)16(22)20-6-4-17-5-7-20;3-2(4,5)1(6)7/h2-3,8-10,17,21H,4-7H2,1H3;(H,6,7). The monoisotopic (exact) mass is 428 g/mol. The minimum atomic E-state index is -5.08. The molecule has 1 amide bonds. The number of carboxylic acid groups (broad SMARTS) is 1. The van der Waals surface area contributed by atoms with Gasteiger partial charge in [-0.3, -0.25) is 9.78 Å². The molecule has 2 aromatic rings. The lowest BCUT2D eigenvalue weighted by Crippen LogP contribution is -2.46. The van der Waals surface area contributed by atoms with E-state index in [0.717, 1.165) is 18.7 Å². The van der Waals surface area contributed by atoms with Gasteiger partial charge in [-0.1, -0.05) is 0 Å². The van der Waals surface area contributed by atoms with Crippen molar-refractivity contribution in [2.45, 2.75) is 6.18 Å². The number of aliphatic carboxylic acids is 1. The van der Waals surface area contributed by atoms with Crippen LogP contribution in [0.3, 0.4) is 0 Å². The number of nitrogens with one attached hydrogen (secondary N) is 1. The van der Waals surface area contributed by atoms with Crippen LogP contribution < -0.4 is 10.1 Å². The Kier molecular flexibility index (Phi) is 7.53. The number of halogens is 3. The van der Waals surface area contributed by atoms with Crippen LogP contribution in [0.15, 0.2) is 30.6 Å². The van der Waals surface area contributed by atoms with E-state index in [0.29, 0.717) is 30.2 Å². The Morgan fingerprint density at radius 1 is 1.17 bits per heavy atom. The number of rotatable bonds is 3. The van der Waals surface area contributed by atoms with Crippen molar-refractivity contribution >= 4 is 11.9 Å². The summed E-state index contributed by atoms with van der Waals surface area (Å²) < 4.78 is 36.8. The second kappa shape index (κ2) is 9.87. The fourth-order valence-electron chi connectivity index (χ4n) is 2.45. The van der Waals surface area contributed by atoms with Crippen LogP contribution in [0.5, 0.6) is 11.5 Å². The lowest BCUT2D eigenvalue weighted by molar-refractivity contribution is -0.192. The first kappa shape index (κ1) is 22.9. The molecule has 0 aliphatic carbocycles. The first-order valence-electron chi connectivity index (χ1n) is 8.63. The van der Waals surface area contributed by atoms with Crippen LogP contribution >= 0.6 is 0 Å². The largest absolute Gasteiger partial charge is 0.504 e. The van der Waals surface area contributed by atoms with Crippen molar-refractivity contribution in [3.63, 3.8) is 0 Å². The van der Waals surface area contributed by atoms with Crippen molar-refractivity contribution in [3.05, 3.63) is 36.3 Å². The first-order valence-corrected chi connectivity index (χ1v) is 8.63. The molecule has 3 N–H and O–H groups in total. The van der Waals surface area contributed by atoms with Crippen molar-refractivity contribution in [2.75, 3.05) is 33.3 Å². The molecule has 30 heavy (non-hydrogen) atoms. The van der Waals surface area contributed by atoms with Crippen LogP contribution in [-0.2, 0) is 4.79 Å². The van der Waals surface area contributed by atoms with Crippen LogP contribution in [0, 0.1) is 0 Å². The number of ether oxygens (including phenoxy) is 1. The highest BCUT2D eigenvalue weighted by molar-refractivity contribution is 5.92. The Balaban J connectivity index is 0.000000396. The van der Waals surface area contributed by atoms with Gasteiger partial charge in [0.1, 0.15) is 5.69 Å². The molecule has 1 aliphatic rings. The third-order valence-electron chi connectivity index (χ3n) is 3.99. The van der Waals surface area contributed by atoms with Gasteiger partial charge in [-0.2, -0.15) is 13.2 Å². The molecule has 1 fully saturated rings. The van der Waals surface area contributed by atoms with E-state index < -0.39 is 12.1 Å². The van der Waals surface area contributed by atoms with Crippen molar-refractivity contribution in [3.8, 4) is 22.8 Å². The Hall–Kier alpha value is -3.41.